The predicted molar refractivity (Wildman–Crippen MR) is 95.7 cm³/mol. The third kappa shape index (κ3) is 3.10. The van der Waals surface area contributed by atoms with Crippen molar-refractivity contribution in [1.82, 2.24) is 25.6 Å². The zero-order valence-corrected chi connectivity index (χ0v) is 14.2. The second kappa shape index (κ2) is 6.52. The van der Waals surface area contributed by atoms with Gasteiger partial charge in [0.15, 0.2) is 0 Å². The Morgan fingerprint density at radius 3 is 2.85 bits per heavy atom. The summed E-state index contributed by atoms with van der Waals surface area (Å²) in [6.07, 6.45) is 3.68. The van der Waals surface area contributed by atoms with Crippen LogP contribution in [0.25, 0.3) is 11.3 Å². The van der Waals surface area contributed by atoms with Gasteiger partial charge in [-0.05, 0) is 25.0 Å². The van der Waals surface area contributed by atoms with E-state index in [1.165, 1.54) is 6.08 Å². The summed E-state index contributed by atoms with van der Waals surface area (Å²) in [5.41, 5.74) is 2.78. The van der Waals surface area contributed by atoms with E-state index >= 15 is 0 Å². The van der Waals surface area contributed by atoms with Crippen LogP contribution in [0.15, 0.2) is 54.5 Å². The van der Waals surface area contributed by atoms with E-state index in [9.17, 15) is 14.4 Å². The summed E-state index contributed by atoms with van der Waals surface area (Å²) in [5.74, 6) is -1.43. The highest BCUT2D eigenvalue weighted by Gasteiger charge is 2.41. The lowest BCUT2D eigenvalue weighted by molar-refractivity contribution is -0.146. The summed E-state index contributed by atoms with van der Waals surface area (Å²) in [7, 11) is 0. The first-order valence-electron chi connectivity index (χ1n) is 8.34. The van der Waals surface area contributed by atoms with Crippen LogP contribution in [0.2, 0.25) is 0 Å². The highest BCUT2D eigenvalue weighted by atomic mass is 16.2. The number of nitrogens with zero attached hydrogens (tertiary/aromatic N) is 3. The number of aromatic nitrogens is 3. The summed E-state index contributed by atoms with van der Waals surface area (Å²) in [6.45, 7) is 3.71. The minimum absolute atomic E-state index is 0.120. The molecule has 9 heteroatoms. The Morgan fingerprint density at radius 1 is 1.26 bits per heavy atom. The second-order valence-corrected chi connectivity index (χ2v) is 6.28. The SMILES string of the molecule is C=C1CCC(N2C(=O)C=C(Nc3cccc(-c4cn[nH]n4)c3)C2=O)C(=O)N1. The molecule has 3 amide bonds. The number of nitrogens with one attached hydrogen (secondary N) is 3. The van der Waals surface area contributed by atoms with Gasteiger partial charge in [-0.2, -0.15) is 15.4 Å². The maximum absolute atomic E-state index is 12.7. The number of imide groups is 1. The van der Waals surface area contributed by atoms with Crippen molar-refractivity contribution in [1.29, 1.82) is 0 Å². The molecule has 0 aliphatic carbocycles. The molecule has 9 nitrogen and oxygen atoms in total. The number of rotatable bonds is 4. The molecule has 27 heavy (non-hydrogen) atoms. The molecule has 2 aliphatic heterocycles. The highest BCUT2D eigenvalue weighted by molar-refractivity contribution is 6.19. The first-order valence-corrected chi connectivity index (χ1v) is 8.34. The number of piperidine rings is 1. The lowest BCUT2D eigenvalue weighted by Gasteiger charge is -2.29. The Labute approximate surface area is 154 Å². The van der Waals surface area contributed by atoms with Gasteiger partial charge in [0.25, 0.3) is 11.8 Å². The van der Waals surface area contributed by atoms with Crippen LogP contribution in [0.1, 0.15) is 12.8 Å². The summed E-state index contributed by atoms with van der Waals surface area (Å²) >= 11 is 0. The summed E-state index contributed by atoms with van der Waals surface area (Å²) < 4.78 is 0. The topological polar surface area (TPSA) is 120 Å². The van der Waals surface area contributed by atoms with Gasteiger partial charge in [0.1, 0.15) is 17.4 Å². The van der Waals surface area contributed by atoms with Gasteiger partial charge in [0.05, 0.1) is 6.20 Å². The van der Waals surface area contributed by atoms with E-state index in [4.69, 9.17) is 0 Å². The molecule has 0 saturated carbocycles. The highest BCUT2D eigenvalue weighted by Crippen LogP contribution is 2.25. The van der Waals surface area contributed by atoms with Crippen molar-refractivity contribution in [3.8, 4) is 11.3 Å². The van der Waals surface area contributed by atoms with Crippen LogP contribution in [0.5, 0.6) is 0 Å². The van der Waals surface area contributed by atoms with Gasteiger partial charge < -0.3 is 10.6 Å². The van der Waals surface area contributed by atoms with Crippen LogP contribution in [0.4, 0.5) is 5.69 Å². The van der Waals surface area contributed by atoms with Crippen molar-refractivity contribution in [2.45, 2.75) is 18.9 Å². The molecule has 4 rings (SSSR count). The van der Waals surface area contributed by atoms with Gasteiger partial charge >= 0.3 is 0 Å². The lowest BCUT2D eigenvalue weighted by atomic mass is 10.0. The fourth-order valence-electron chi connectivity index (χ4n) is 3.13. The molecular formula is C18H16N6O3. The minimum atomic E-state index is -0.826. The maximum Gasteiger partial charge on any atom is 0.278 e. The summed E-state index contributed by atoms with van der Waals surface area (Å²) in [6, 6.07) is 6.38. The van der Waals surface area contributed by atoms with Crippen molar-refractivity contribution in [2.24, 2.45) is 0 Å². The van der Waals surface area contributed by atoms with Gasteiger partial charge in [-0.1, -0.05) is 18.7 Å². The predicted octanol–water partition coefficient (Wildman–Crippen LogP) is 0.929. The van der Waals surface area contributed by atoms with Crippen molar-refractivity contribution in [3.05, 3.63) is 54.5 Å². The third-order valence-corrected chi connectivity index (χ3v) is 4.44. The molecule has 1 saturated heterocycles. The quantitative estimate of drug-likeness (QED) is 0.694. The molecule has 1 unspecified atom stereocenters. The summed E-state index contributed by atoms with van der Waals surface area (Å²) in [4.78, 5) is 38.2. The van der Waals surface area contributed by atoms with E-state index in [1.54, 1.807) is 24.4 Å². The molecule has 3 N–H and O–H groups in total. The average molecular weight is 364 g/mol. The maximum atomic E-state index is 12.7. The van der Waals surface area contributed by atoms with Gasteiger partial charge in [-0.15, -0.1) is 0 Å². The zero-order valence-electron chi connectivity index (χ0n) is 14.2. The Kier molecular flexibility index (Phi) is 4.03. The van der Waals surface area contributed by atoms with Gasteiger partial charge in [-0.25, -0.2) is 0 Å². The smallest absolute Gasteiger partial charge is 0.278 e. The van der Waals surface area contributed by atoms with E-state index in [2.05, 4.69) is 32.6 Å². The first kappa shape index (κ1) is 16.7. The van der Waals surface area contributed by atoms with Crippen molar-refractivity contribution >= 4 is 23.4 Å². The van der Waals surface area contributed by atoms with E-state index in [1.807, 2.05) is 6.07 Å². The molecular weight excluding hydrogens is 348 g/mol. The second-order valence-electron chi connectivity index (χ2n) is 6.28. The van der Waals surface area contributed by atoms with Crippen LogP contribution in [0, 0.1) is 0 Å². The Balaban J connectivity index is 1.52. The molecule has 1 fully saturated rings. The number of aromatic amines is 1. The van der Waals surface area contributed by atoms with E-state index in [0.717, 1.165) is 10.5 Å². The first-order chi connectivity index (χ1) is 13.0. The van der Waals surface area contributed by atoms with E-state index < -0.39 is 23.8 Å². The van der Waals surface area contributed by atoms with Crippen molar-refractivity contribution in [3.63, 3.8) is 0 Å². The molecule has 1 atom stereocenters. The largest absolute Gasteiger partial charge is 0.351 e. The number of benzene rings is 1. The molecule has 0 radical (unpaired) electrons. The van der Waals surface area contributed by atoms with Crippen LogP contribution >= 0.6 is 0 Å². The molecule has 1 aromatic heterocycles. The van der Waals surface area contributed by atoms with Crippen LogP contribution in [0.3, 0.4) is 0 Å². The van der Waals surface area contributed by atoms with Gasteiger partial charge in [0, 0.05) is 23.0 Å². The number of hydrogen-bond acceptors (Lipinski definition) is 6. The number of hydrogen-bond donors (Lipinski definition) is 3. The number of amides is 3. The Bertz CT molecular complexity index is 979. The third-order valence-electron chi connectivity index (χ3n) is 4.44. The molecule has 2 aromatic rings. The fraction of sp³-hybridized carbons (Fsp3) is 0.167. The van der Waals surface area contributed by atoms with Gasteiger partial charge in [-0.3, -0.25) is 19.3 Å². The molecule has 0 spiro atoms. The number of carbonyl (C=O) groups excluding carboxylic acids is 3. The monoisotopic (exact) mass is 364 g/mol. The minimum Gasteiger partial charge on any atom is -0.351 e. The van der Waals surface area contributed by atoms with Gasteiger partial charge in [0.2, 0.25) is 5.91 Å². The fourth-order valence-corrected chi connectivity index (χ4v) is 3.13. The lowest BCUT2D eigenvalue weighted by Crippen LogP contribution is -2.52. The van der Waals surface area contributed by atoms with E-state index in [-0.39, 0.29) is 5.70 Å². The van der Waals surface area contributed by atoms with Crippen LogP contribution in [-0.4, -0.2) is 44.1 Å². The number of allylic oxidation sites excluding steroid dienone is 1. The van der Waals surface area contributed by atoms with Crippen LogP contribution in [-0.2, 0) is 14.4 Å². The Hall–Kier alpha value is -3.75. The molecule has 136 valence electrons. The van der Waals surface area contributed by atoms with Crippen LogP contribution < -0.4 is 10.6 Å². The normalized spacial score (nSPS) is 19.9. The van der Waals surface area contributed by atoms with Crippen molar-refractivity contribution in [2.75, 3.05) is 5.32 Å². The molecule has 3 heterocycles. The summed E-state index contributed by atoms with van der Waals surface area (Å²) in [5, 5.41) is 15.9. The number of H-pyrrole nitrogens is 1. The molecule has 2 aliphatic rings. The number of carbonyl (C=O) groups is 3. The standard InChI is InChI=1S/C18H16N6O3/c1-10-5-6-15(17(26)20-10)24-16(25)8-13(18(24)27)21-12-4-2-3-11(7-12)14-9-19-23-22-14/h2-4,7-9,15,21H,1,5-6H2,(H,20,26)(H,19,22,23). The Morgan fingerprint density at radius 2 is 2.11 bits per heavy atom. The molecule has 0 bridgehead atoms. The number of anilines is 1. The van der Waals surface area contributed by atoms with E-state index in [0.29, 0.717) is 29.9 Å². The van der Waals surface area contributed by atoms with Crippen molar-refractivity contribution < 1.29 is 14.4 Å². The average Bonchev–Trinajstić information content (AvgIpc) is 3.26. The zero-order chi connectivity index (χ0) is 19.0. The molecule has 1 aromatic carbocycles.